The van der Waals surface area contributed by atoms with E-state index >= 15 is 0 Å². The molecular formula is C13H15Cl3F2N2O. The van der Waals surface area contributed by atoms with E-state index in [0.29, 0.717) is 16.5 Å². The lowest BCUT2D eigenvalue weighted by atomic mass is 10.1. The zero-order valence-electron chi connectivity index (χ0n) is 10.9. The van der Waals surface area contributed by atoms with E-state index in [0.717, 1.165) is 5.56 Å². The van der Waals surface area contributed by atoms with Crippen LogP contribution < -0.4 is 11.1 Å². The molecule has 3 N–H and O–H groups in total. The molecule has 0 spiro atoms. The van der Waals surface area contributed by atoms with E-state index in [1.807, 2.05) is 0 Å². The summed E-state index contributed by atoms with van der Waals surface area (Å²) >= 11 is 11.8. The van der Waals surface area contributed by atoms with Gasteiger partial charge < -0.3 is 11.1 Å². The van der Waals surface area contributed by atoms with Crippen molar-refractivity contribution in [2.75, 3.05) is 13.1 Å². The molecule has 2 atom stereocenters. The molecule has 1 aliphatic rings. The standard InChI is InChI=1S/C13H14Cl2F2N2O.ClH/c14-8-1-7(2-9(15)3-8)10-4-11(10)12(20)19-6-13(16,17)5-18;/h1-3,10-11H,4-6,18H2,(H,19,20);1H. The summed E-state index contributed by atoms with van der Waals surface area (Å²) < 4.78 is 25.9. The average molecular weight is 360 g/mol. The number of halogens is 5. The molecule has 2 unspecified atom stereocenters. The number of benzene rings is 1. The molecule has 1 saturated carbocycles. The molecule has 0 saturated heterocycles. The minimum absolute atomic E-state index is 0. The Morgan fingerprint density at radius 1 is 1.33 bits per heavy atom. The first-order valence-corrected chi connectivity index (χ1v) is 6.89. The molecule has 21 heavy (non-hydrogen) atoms. The highest BCUT2D eigenvalue weighted by Gasteiger charge is 2.44. The van der Waals surface area contributed by atoms with Crippen LogP contribution in [-0.2, 0) is 4.79 Å². The highest BCUT2D eigenvalue weighted by atomic mass is 35.5. The first-order chi connectivity index (χ1) is 9.32. The van der Waals surface area contributed by atoms with Gasteiger partial charge in [0.05, 0.1) is 13.1 Å². The average Bonchev–Trinajstić information content (AvgIpc) is 3.15. The first kappa shape index (κ1) is 18.4. The number of alkyl halides is 2. The van der Waals surface area contributed by atoms with Crippen LogP contribution in [0.15, 0.2) is 18.2 Å². The molecule has 0 bridgehead atoms. The summed E-state index contributed by atoms with van der Waals surface area (Å²) in [4.78, 5) is 11.8. The van der Waals surface area contributed by atoms with E-state index in [1.54, 1.807) is 18.2 Å². The highest BCUT2D eigenvalue weighted by Crippen LogP contribution is 2.48. The molecule has 1 aromatic carbocycles. The van der Waals surface area contributed by atoms with Crippen LogP contribution in [0, 0.1) is 5.92 Å². The Hall–Kier alpha value is -0.620. The Bertz CT molecular complexity index is 508. The molecule has 0 heterocycles. The number of carbonyl (C=O) groups excluding carboxylic acids is 1. The fraction of sp³-hybridized carbons (Fsp3) is 0.462. The maximum Gasteiger partial charge on any atom is 0.277 e. The van der Waals surface area contributed by atoms with Crippen molar-refractivity contribution in [2.24, 2.45) is 11.7 Å². The summed E-state index contributed by atoms with van der Waals surface area (Å²) in [5, 5.41) is 3.22. The summed E-state index contributed by atoms with van der Waals surface area (Å²) in [5.74, 6) is -3.78. The van der Waals surface area contributed by atoms with Crippen molar-refractivity contribution in [1.82, 2.24) is 5.32 Å². The molecule has 0 radical (unpaired) electrons. The Balaban J connectivity index is 0.00000220. The van der Waals surface area contributed by atoms with Gasteiger partial charge in [0.2, 0.25) is 5.91 Å². The molecule has 3 nitrogen and oxygen atoms in total. The third-order valence-corrected chi connectivity index (χ3v) is 3.70. The number of nitrogens with two attached hydrogens (primary N) is 1. The number of hydrogen-bond acceptors (Lipinski definition) is 2. The lowest BCUT2D eigenvalue weighted by molar-refractivity contribution is -0.124. The zero-order valence-corrected chi connectivity index (χ0v) is 13.2. The van der Waals surface area contributed by atoms with Gasteiger partial charge in [0.25, 0.3) is 5.92 Å². The fourth-order valence-electron chi connectivity index (χ4n) is 2.06. The quantitative estimate of drug-likeness (QED) is 0.848. The molecule has 1 aliphatic carbocycles. The fourth-order valence-corrected chi connectivity index (χ4v) is 2.61. The van der Waals surface area contributed by atoms with Crippen LogP contribution >= 0.6 is 35.6 Å². The molecule has 0 aliphatic heterocycles. The van der Waals surface area contributed by atoms with Gasteiger partial charge in [0.1, 0.15) is 0 Å². The van der Waals surface area contributed by atoms with E-state index in [1.165, 1.54) is 0 Å². The second-order valence-corrected chi connectivity index (χ2v) is 5.80. The van der Waals surface area contributed by atoms with Gasteiger partial charge in [-0.3, -0.25) is 4.79 Å². The number of nitrogens with one attached hydrogen (secondary N) is 1. The highest BCUT2D eigenvalue weighted by molar-refractivity contribution is 6.34. The number of amides is 1. The van der Waals surface area contributed by atoms with E-state index < -0.39 is 19.0 Å². The van der Waals surface area contributed by atoms with Gasteiger partial charge in [0, 0.05) is 16.0 Å². The molecule has 8 heteroatoms. The molecule has 0 aromatic heterocycles. The van der Waals surface area contributed by atoms with Crippen molar-refractivity contribution in [3.63, 3.8) is 0 Å². The van der Waals surface area contributed by atoms with Gasteiger partial charge in [-0.05, 0) is 36.1 Å². The normalized spacial score (nSPS) is 20.6. The maximum absolute atomic E-state index is 12.9. The van der Waals surface area contributed by atoms with E-state index in [-0.39, 0.29) is 30.2 Å². The van der Waals surface area contributed by atoms with Crippen LogP contribution in [0.5, 0.6) is 0 Å². The largest absolute Gasteiger partial charge is 0.350 e. The summed E-state index contributed by atoms with van der Waals surface area (Å²) in [6.07, 6.45) is 0.608. The molecular weight excluding hydrogens is 345 g/mol. The van der Waals surface area contributed by atoms with Crippen LogP contribution in [-0.4, -0.2) is 24.9 Å². The minimum Gasteiger partial charge on any atom is -0.350 e. The molecule has 1 amide bonds. The van der Waals surface area contributed by atoms with Crippen LogP contribution in [0.4, 0.5) is 8.78 Å². The number of rotatable bonds is 5. The molecule has 118 valence electrons. The Kier molecular flexibility index (Phi) is 6.23. The SMILES string of the molecule is Cl.NCC(F)(F)CNC(=O)C1CC1c1cc(Cl)cc(Cl)c1. The van der Waals surface area contributed by atoms with Gasteiger partial charge in [0.15, 0.2) is 0 Å². The predicted octanol–water partition coefficient (Wildman–Crippen LogP) is 3.23. The maximum atomic E-state index is 12.9. The third kappa shape index (κ3) is 4.95. The molecule has 1 fully saturated rings. The Morgan fingerprint density at radius 2 is 1.90 bits per heavy atom. The molecule has 1 aromatic rings. The van der Waals surface area contributed by atoms with Crippen molar-refractivity contribution < 1.29 is 13.6 Å². The molecule has 2 rings (SSSR count). The second-order valence-electron chi connectivity index (χ2n) is 4.93. The van der Waals surface area contributed by atoms with Crippen molar-refractivity contribution in [3.05, 3.63) is 33.8 Å². The van der Waals surface area contributed by atoms with E-state index in [9.17, 15) is 13.6 Å². The van der Waals surface area contributed by atoms with E-state index in [4.69, 9.17) is 28.9 Å². The lowest BCUT2D eigenvalue weighted by Gasteiger charge is -2.14. The summed E-state index contributed by atoms with van der Waals surface area (Å²) in [5.41, 5.74) is 5.76. The van der Waals surface area contributed by atoms with Crippen LogP contribution in [0.3, 0.4) is 0 Å². The van der Waals surface area contributed by atoms with Crippen molar-refractivity contribution in [2.45, 2.75) is 18.3 Å². The second kappa shape index (κ2) is 7.09. The van der Waals surface area contributed by atoms with Gasteiger partial charge in [-0.2, -0.15) is 0 Å². The zero-order chi connectivity index (χ0) is 14.9. The number of carbonyl (C=O) groups is 1. The van der Waals surface area contributed by atoms with Crippen molar-refractivity contribution in [1.29, 1.82) is 0 Å². The first-order valence-electron chi connectivity index (χ1n) is 6.14. The summed E-state index contributed by atoms with van der Waals surface area (Å²) in [6.45, 7) is -1.52. The van der Waals surface area contributed by atoms with Crippen molar-refractivity contribution in [3.8, 4) is 0 Å². The van der Waals surface area contributed by atoms with Crippen LogP contribution in [0.25, 0.3) is 0 Å². The summed E-state index contributed by atoms with van der Waals surface area (Å²) in [6, 6.07) is 5.08. The summed E-state index contributed by atoms with van der Waals surface area (Å²) in [7, 11) is 0. The number of hydrogen-bond donors (Lipinski definition) is 2. The van der Waals surface area contributed by atoms with Gasteiger partial charge in [-0.15, -0.1) is 12.4 Å². The van der Waals surface area contributed by atoms with Gasteiger partial charge in [-0.1, -0.05) is 23.2 Å². The van der Waals surface area contributed by atoms with Gasteiger partial charge >= 0.3 is 0 Å². The van der Waals surface area contributed by atoms with Crippen molar-refractivity contribution >= 4 is 41.5 Å². The topological polar surface area (TPSA) is 55.1 Å². The predicted molar refractivity (Wildman–Crippen MR) is 81.6 cm³/mol. The Labute approximate surface area is 137 Å². The smallest absolute Gasteiger partial charge is 0.277 e. The van der Waals surface area contributed by atoms with Gasteiger partial charge in [-0.25, -0.2) is 8.78 Å². The monoisotopic (exact) mass is 358 g/mol. The van der Waals surface area contributed by atoms with Crippen LogP contribution in [0.2, 0.25) is 10.0 Å². The van der Waals surface area contributed by atoms with Crippen LogP contribution in [0.1, 0.15) is 17.9 Å². The minimum atomic E-state index is -3.07. The third-order valence-electron chi connectivity index (χ3n) is 3.26. The lowest BCUT2D eigenvalue weighted by Crippen LogP contribution is -2.42. The Morgan fingerprint density at radius 3 is 2.43 bits per heavy atom. The van der Waals surface area contributed by atoms with E-state index in [2.05, 4.69) is 5.32 Å².